The first-order chi connectivity index (χ1) is 14.4. The summed E-state index contributed by atoms with van der Waals surface area (Å²) in [5.41, 5.74) is 4.52. The van der Waals surface area contributed by atoms with Gasteiger partial charge >= 0.3 is 21.1 Å². The van der Waals surface area contributed by atoms with E-state index in [1.807, 2.05) is 77.5 Å². The van der Waals surface area contributed by atoms with Crippen molar-refractivity contribution in [1.82, 2.24) is 9.55 Å². The summed E-state index contributed by atoms with van der Waals surface area (Å²) in [6.07, 6.45) is 5.90. The van der Waals surface area contributed by atoms with Gasteiger partial charge in [0.25, 0.3) is 0 Å². The predicted octanol–water partition coefficient (Wildman–Crippen LogP) is 5.06. The molecule has 0 spiro atoms. The fourth-order valence-electron chi connectivity index (χ4n) is 3.33. The van der Waals surface area contributed by atoms with Gasteiger partial charge in [-0.1, -0.05) is 41.3 Å². The van der Waals surface area contributed by atoms with Crippen molar-refractivity contribution in [3.05, 3.63) is 103 Å². The maximum absolute atomic E-state index is 5.16. The number of hydrogen-bond acceptors (Lipinski definition) is 4. The molecule has 0 atom stereocenters. The molecule has 0 N–H and O–H groups in total. The number of oxime groups is 1. The Labute approximate surface area is 189 Å². The van der Waals surface area contributed by atoms with Crippen LogP contribution in [0, 0.1) is 12.3 Å². The van der Waals surface area contributed by atoms with Crippen LogP contribution in [0.4, 0.5) is 17.2 Å². The molecule has 0 radical (unpaired) electrons. The minimum Gasteiger partial charge on any atom is -0.471 e. The Morgan fingerprint density at radius 1 is 0.933 bits per heavy atom. The van der Waals surface area contributed by atoms with Gasteiger partial charge in [0.05, 0.1) is 5.69 Å². The number of anilines is 3. The molecule has 2 aromatic carbocycles. The van der Waals surface area contributed by atoms with E-state index in [2.05, 4.69) is 34.5 Å². The fraction of sp³-hybridized carbons (Fsp3) is 0.0833. The second kappa shape index (κ2) is 9.10. The summed E-state index contributed by atoms with van der Waals surface area (Å²) in [6.45, 7) is 0.604. The van der Waals surface area contributed by atoms with E-state index in [-0.39, 0.29) is 21.1 Å². The van der Waals surface area contributed by atoms with Gasteiger partial charge in [0.15, 0.2) is 0 Å². The van der Waals surface area contributed by atoms with Crippen molar-refractivity contribution in [3.63, 3.8) is 0 Å². The molecule has 6 heteroatoms. The quantitative estimate of drug-likeness (QED) is 0.314. The van der Waals surface area contributed by atoms with E-state index in [1.54, 1.807) is 0 Å². The zero-order valence-corrected chi connectivity index (χ0v) is 18.3. The fourth-order valence-corrected chi connectivity index (χ4v) is 3.33. The van der Waals surface area contributed by atoms with Crippen LogP contribution in [0.25, 0.3) is 5.69 Å². The van der Waals surface area contributed by atoms with Crippen molar-refractivity contribution in [1.29, 1.82) is 0 Å². The Hall–Kier alpha value is -3.17. The van der Waals surface area contributed by atoms with Gasteiger partial charge in [0.1, 0.15) is 18.1 Å². The number of pyridine rings is 1. The van der Waals surface area contributed by atoms with Crippen LogP contribution in [0.2, 0.25) is 0 Å². The smallest absolute Gasteiger partial charge is 0.471 e. The zero-order chi connectivity index (χ0) is 19.5. The third-order valence-corrected chi connectivity index (χ3v) is 4.69. The van der Waals surface area contributed by atoms with Gasteiger partial charge in [-0.2, -0.15) is 30.0 Å². The van der Waals surface area contributed by atoms with E-state index in [4.69, 9.17) is 9.82 Å². The molecule has 1 aliphatic rings. The van der Waals surface area contributed by atoms with Crippen LogP contribution in [-0.2, 0) is 25.9 Å². The Morgan fingerprint density at radius 2 is 1.80 bits per heavy atom. The van der Waals surface area contributed by atoms with E-state index in [0.717, 1.165) is 40.7 Å². The molecule has 30 heavy (non-hydrogen) atoms. The van der Waals surface area contributed by atoms with E-state index in [9.17, 15) is 0 Å². The number of benzene rings is 2. The number of rotatable bonds is 5. The standard InChI is InChI=1S/C24H18N4O.Pt/c1-2-8-19(9-3-1)28(21-11-6-10-20(18-21)27-15-4-5-16-27)24-13-7-12-22(25-24)23-14-17-29-26-23;/h1-13,15H,14,17H2;/q-2;+2. The Morgan fingerprint density at radius 3 is 2.57 bits per heavy atom. The molecule has 1 aliphatic heterocycles. The second-order valence-electron chi connectivity index (χ2n) is 6.60. The van der Waals surface area contributed by atoms with Gasteiger partial charge in [0.2, 0.25) is 0 Å². The minimum atomic E-state index is 0. The Kier molecular flexibility index (Phi) is 6.10. The molecule has 5 rings (SSSR count). The van der Waals surface area contributed by atoms with Crippen LogP contribution < -0.4 is 4.90 Å². The Bertz CT molecular complexity index is 1140. The van der Waals surface area contributed by atoms with Crippen LogP contribution in [0.15, 0.2) is 90.2 Å². The van der Waals surface area contributed by atoms with Crippen molar-refractivity contribution < 1.29 is 25.9 Å². The van der Waals surface area contributed by atoms with Crippen LogP contribution in [0.3, 0.4) is 0 Å². The van der Waals surface area contributed by atoms with Gasteiger partial charge in [-0.05, 0) is 24.3 Å². The summed E-state index contributed by atoms with van der Waals surface area (Å²) in [6, 6.07) is 29.5. The summed E-state index contributed by atoms with van der Waals surface area (Å²) in [4.78, 5) is 12.1. The molecule has 0 fully saturated rings. The summed E-state index contributed by atoms with van der Waals surface area (Å²) in [7, 11) is 0. The molecule has 3 heterocycles. The van der Waals surface area contributed by atoms with E-state index in [0.29, 0.717) is 6.61 Å². The monoisotopic (exact) mass is 573 g/mol. The van der Waals surface area contributed by atoms with Gasteiger partial charge < -0.3 is 14.3 Å². The van der Waals surface area contributed by atoms with Crippen LogP contribution in [-0.4, -0.2) is 21.9 Å². The number of aromatic nitrogens is 2. The molecule has 0 bridgehead atoms. The number of nitrogens with zero attached hydrogens (tertiary/aromatic N) is 4. The molecule has 0 aliphatic carbocycles. The van der Waals surface area contributed by atoms with Crippen LogP contribution in [0.1, 0.15) is 12.1 Å². The topological polar surface area (TPSA) is 42.6 Å². The molecular formula is C24H18N4OPt. The molecule has 0 saturated heterocycles. The van der Waals surface area contributed by atoms with Gasteiger partial charge in [-0.3, -0.25) is 0 Å². The third kappa shape index (κ3) is 4.07. The third-order valence-electron chi connectivity index (χ3n) is 4.69. The molecule has 0 unspecified atom stereocenters. The molecule has 0 amide bonds. The SMILES string of the molecule is [Pt+2].[c-]1c(N(c2ccccc2)c2cccc(C3=NOCC3)n2)cccc1-n1[c-]ccc1. The molecule has 150 valence electrons. The zero-order valence-electron chi connectivity index (χ0n) is 16.0. The molecule has 2 aromatic heterocycles. The molecule has 5 nitrogen and oxygen atoms in total. The van der Waals surface area contributed by atoms with Gasteiger partial charge in [-0.25, -0.2) is 4.98 Å². The summed E-state index contributed by atoms with van der Waals surface area (Å²) < 4.78 is 1.92. The minimum absolute atomic E-state index is 0. The van der Waals surface area contributed by atoms with Crippen LogP contribution >= 0.6 is 0 Å². The summed E-state index contributed by atoms with van der Waals surface area (Å²) in [5.74, 6) is 0.799. The first-order valence-electron chi connectivity index (χ1n) is 9.48. The van der Waals surface area contributed by atoms with Crippen molar-refractivity contribution in [2.24, 2.45) is 5.16 Å². The first kappa shape index (κ1) is 20.1. The van der Waals surface area contributed by atoms with E-state index >= 15 is 0 Å². The van der Waals surface area contributed by atoms with Crippen molar-refractivity contribution in [3.8, 4) is 5.69 Å². The largest absolute Gasteiger partial charge is 2.00 e. The number of hydrogen-bond donors (Lipinski definition) is 0. The Balaban J connectivity index is 0.00000218. The van der Waals surface area contributed by atoms with Gasteiger partial charge in [0, 0.05) is 12.1 Å². The van der Waals surface area contributed by atoms with E-state index in [1.165, 1.54) is 0 Å². The first-order valence-corrected chi connectivity index (χ1v) is 9.48. The van der Waals surface area contributed by atoms with Crippen LogP contribution in [0.5, 0.6) is 0 Å². The van der Waals surface area contributed by atoms with Crippen molar-refractivity contribution in [2.45, 2.75) is 6.42 Å². The average molecular weight is 574 g/mol. The normalized spacial score (nSPS) is 12.6. The van der Waals surface area contributed by atoms with Gasteiger partial charge in [-0.15, -0.1) is 18.3 Å². The second-order valence-corrected chi connectivity index (χ2v) is 6.60. The molecular weight excluding hydrogens is 555 g/mol. The molecule has 4 aromatic rings. The predicted molar refractivity (Wildman–Crippen MR) is 113 cm³/mol. The summed E-state index contributed by atoms with van der Waals surface area (Å²) in [5, 5.41) is 4.12. The average Bonchev–Trinajstić information content (AvgIpc) is 3.50. The maximum Gasteiger partial charge on any atom is 2.00 e. The van der Waals surface area contributed by atoms with Crippen molar-refractivity contribution in [2.75, 3.05) is 11.5 Å². The maximum atomic E-state index is 5.16. The summed E-state index contributed by atoms with van der Waals surface area (Å²) >= 11 is 0. The number of para-hydroxylation sites is 1. The van der Waals surface area contributed by atoms with E-state index < -0.39 is 0 Å². The van der Waals surface area contributed by atoms with Crippen molar-refractivity contribution >= 4 is 22.9 Å². The molecule has 0 saturated carbocycles.